The van der Waals surface area contributed by atoms with Crippen molar-refractivity contribution in [1.82, 2.24) is 4.90 Å². The van der Waals surface area contributed by atoms with E-state index < -0.39 is 0 Å². The molecule has 2 N–H and O–H groups in total. The minimum absolute atomic E-state index is 0.485. The van der Waals surface area contributed by atoms with Gasteiger partial charge in [0.1, 0.15) is 4.99 Å². The average Bonchev–Trinajstić information content (AvgIpc) is 2.32. The van der Waals surface area contributed by atoms with E-state index in [1.54, 1.807) is 0 Å². The van der Waals surface area contributed by atoms with Gasteiger partial charge >= 0.3 is 0 Å². The van der Waals surface area contributed by atoms with E-state index in [-0.39, 0.29) is 0 Å². The summed E-state index contributed by atoms with van der Waals surface area (Å²) in [5.41, 5.74) is 7.96. The number of nitrogens with zero attached hydrogens (tertiary/aromatic N) is 1. The van der Waals surface area contributed by atoms with E-state index >= 15 is 0 Å². The van der Waals surface area contributed by atoms with Crippen LogP contribution in [-0.4, -0.2) is 23.0 Å². The average molecular weight is 262 g/mol. The molecular formula is C15H22N2S. The molecule has 0 heterocycles. The van der Waals surface area contributed by atoms with Crippen LogP contribution in [0.3, 0.4) is 0 Å². The molecule has 0 spiro atoms. The summed E-state index contributed by atoms with van der Waals surface area (Å²) in [6, 6.07) is 8.30. The number of thiocarbonyl (C=S) groups is 1. The van der Waals surface area contributed by atoms with Gasteiger partial charge in [0.15, 0.2) is 0 Å². The number of rotatable bonds is 6. The molecule has 0 atom stereocenters. The van der Waals surface area contributed by atoms with Crippen molar-refractivity contribution >= 4 is 17.2 Å². The molecule has 1 aliphatic carbocycles. The van der Waals surface area contributed by atoms with Crippen molar-refractivity contribution < 1.29 is 0 Å². The Hall–Kier alpha value is -0.930. The second-order valence-corrected chi connectivity index (χ2v) is 5.63. The maximum Gasteiger partial charge on any atom is 0.103 e. The van der Waals surface area contributed by atoms with Crippen LogP contribution >= 0.6 is 12.2 Å². The Balaban J connectivity index is 1.97. The molecule has 1 saturated carbocycles. The third-order valence-corrected chi connectivity index (χ3v) is 4.04. The highest BCUT2D eigenvalue weighted by atomic mass is 32.1. The molecule has 2 nitrogen and oxygen atoms in total. The number of hydrogen-bond acceptors (Lipinski definition) is 2. The first kappa shape index (κ1) is 13.5. The molecule has 0 aliphatic heterocycles. The highest BCUT2D eigenvalue weighted by molar-refractivity contribution is 7.80. The second-order valence-electron chi connectivity index (χ2n) is 5.19. The molecule has 0 saturated heterocycles. The molecule has 1 aromatic rings. The Morgan fingerprint density at radius 1 is 1.44 bits per heavy atom. The smallest absolute Gasteiger partial charge is 0.103 e. The van der Waals surface area contributed by atoms with Gasteiger partial charge in [0, 0.05) is 18.7 Å². The first-order chi connectivity index (χ1) is 8.69. The van der Waals surface area contributed by atoms with E-state index in [0.29, 0.717) is 4.99 Å². The molecule has 0 bridgehead atoms. The van der Waals surface area contributed by atoms with Crippen molar-refractivity contribution in [1.29, 1.82) is 0 Å². The standard InChI is InChI=1S/C15H22N2S/c1-2-17(10-12-5-3-6-12)11-13-7-4-8-14(9-13)15(16)18/h4,7-9,12H,2-3,5-6,10-11H2,1H3,(H2,16,18). The summed E-state index contributed by atoms with van der Waals surface area (Å²) in [4.78, 5) is 3.00. The maximum absolute atomic E-state index is 5.68. The van der Waals surface area contributed by atoms with Gasteiger partial charge in [0.25, 0.3) is 0 Å². The van der Waals surface area contributed by atoms with Crippen LogP contribution in [0, 0.1) is 5.92 Å². The van der Waals surface area contributed by atoms with E-state index in [0.717, 1.165) is 24.6 Å². The lowest BCUT2D eigenvalue weighted by atomic mass is 9.85. The van der Waals surface area contributed by atoms with Crippen LogP contribution < -0.4 is 5.73 Å². The van der Waals surface area contributed by atoms with Crippen LogP contribution in [0.2, 0.25) is 0 Å². The van der Waals surface area contributed by atoms with Crippen molar-refractivity contribution in [3.8, 4) is 0 Å². The quantitative estimate of drug-likeness (QED) is 0.799. The molecule has 18 heavy (non-hydrogen) atoms. The SMILES string of the molecule is CCN(Cc1cccc(C(N)=S)c1)CC1CCC1. The molecule has 98 valence electrons. The van der Waals surface area contributed by atoms with Gasteiger partial charge in [0.05, 0.1) is 0 Å². The maximum atomic E-state index is 5.68. The van der Waals surface area contributed by atoms with Gasteiger partial charge in [-0.15, -0.1) is 0 Å². The van der Waals surface area contributed by atoms with Gasteiger partial charge in [-0.05, 0) is 36.9 Å². The van der Waals surface area contributed by atoms with Gasteiger partial charge in [-0.25, -0.2) is 0 Å². The highest BCUT2D eigenvalue weighted by Gasteiger charge is 2.19. The summed E-state index contributed by atoms with van der Waals surface area (Å²) in [6.07, 6.45) is 4.23. The number of hydrogen-bond donors (Lipinski definition) is 1. The van der Waals surface area contributed by atoms with E-state index in [4.69, 9.17) is 18.0 Å². The second kappa shape index (κ2) is 6.30. The molecule has 0 aromatic heterocycles. The van der Waals surface area contributed by atoms with Crippen molar-refractivity contribution in [2.75, 3.05) is 13.1 Å². The normalized spacial score (nSPS) is 15.7. The van der Waals surface area contributed by atoms with Crippen molar-refractivity contribution in [3.63, 3.8) is 0 Å². The van der Waals surface area contributed by atoms with Crippen LogP contribution in [0.1, 0.15) is 37.3 Å². The van der Waals surface area contributed by atoms with Crippen LogP contribution in [0.5, 0.6) is 0 Å². The van der Waals surface area contributed by atoms with E-state index in [2.05, 4.69) is 24.0 Å². The fourth-order valence-corrected chi connectivity index (χ4v) is 2.55. The van der Waals surface area contributed by atoms with Crippen molar-refractivity contribution in [3.05, 3.63) is 35.4 Å². The van der Waals surface area contributed by atoms with E-state index in [9.17, 15) is 0 Å². The number of benzene rings is 1. The van der Waals surface area contributed by atoms with Gasteiger partial charge in [-0.3, -0.25) is 4.90 Å². The lowest BCUT2D eigenvalue weighted by Gasteiger charge is -2.31. The van der Waals surface area contributed by atoms with Gasteiger partial charge in [-0.1, -0.05) is 43.8 Å². The summed E-state index contributed by atoms with van der Waals surface area (Å²) in [5.74, 6) is 0.920. The monoisotopic (exact) mass is 262 g/mol. The van der Waals surface area contributed by atoms with Crippen molar-refractivity contribution in [2.24, 2.45) is 11.7 Å². The highest BCUT2D eigenvalue weighted by Crippen LogP contribution is 2.27. The Bertz CT molecular complexity index is 413. The minimum Gasteiger partial charge on any atom is -0.389 e. The zero-order valence-electron chi connectivity index (χ0n) is 11.1. The molecule has 1 aliphatic rings. The molecule has 0 unspecified atom stereocenters. The molecule has 1 aromatic carbocycles. The van der Waals surface area contributed by atoms with Gasteiger partial charge < -0.3 is 5.73 Å². The summed E-state index contributed by atoms with van der Waals surface area (Å²) in [5, 5.41) is 0. The van der Waals surface area contributed by atoms with E-state index in [1.807, 2.05) is 12.1 Å². The topological polar surface area (TPSA) is 29.3 Å². The molecule has 3 heteroatoms. The van der Waals surface area contributed by atoms with Gasteiger partial charge in [0.2, 0.25) is 0 Å². The Morgan fingerprint density at radius 2 is 2.22 bits per heavy atom. The zero-order chi connectivity index (χ0) is 13.0. The van der Waals surface area contributed by atoms with Crippen molar-refractivity contribution in [2.45, 2.75) is 32.7 Å². The summed E-state index contributed by atoms with van der Waals surface area (Å²) >= 11 is 5.03. The third kappa shape index (κ3) is 3.53. The molecule has 0 radical (unpaired) electrons. The predicted molar refractivity (Wildman–Crippen MR) is 80.6 cm³/mol. The van der Waals surface area contributed by atoms with Gasteiger partial charge in [-0.2, -0.15) is 0 Å². The summed E-state index contributed by atoms with van der Waals surface area (Å²) < 4.78 is 0. The Labute approximate surface area is 115 Å². The van der Waals surface area contributed by atoms with Crippen LogP contribution in [-0.2, 0) is 6.54 Å². The largest absolute Gasteiger partial charge is 0.389 e. The van der Waals surface area contributed by atoms with Crippen LogP contribution in [0.25, 0.3) is 0 Å². The molecule has 2 rings (SSSR count). The molecular weight excluding hydrogens is 240 g/mol. The lowest BCUT2D eigenvalue weighted by molar-refractivity contribution is 0.178. The Morgan fingerprint density at radius 3 is 2.78 bits per heavy atom. The van der Waals surface area contributed by atoms with E-state index in [1.165, 1.54) is 31.4 Å². The molecule has 0 amide bonds. The zero-order valence-corrected chi connectivity index (χ0v) is 11.9. The van der Waals surface area contributed by atoms with Crippen LogP contribution in [0.15, 0.2) is 24.3 Å². The third-order valence-electron chi connectivity index (χ3n) is 3.81. The summed E-state index contributed by atoms with van der Waals surface area (Å²) in [7, 11) is 0. The first-order valence-electron chi connectivity index (χ1n) is 6.80. The lowest BCUT2D eigenvalue weighted by Crippen LogP contribution is -2.32. The Kier molecular flexibility index (Phi) is 4.72. The van der Waals surface area contributed by atoms with Crippen LogP contribution in [0.4, 0.5) is 0 Å². The minimum atomic E-state index is 0.485. The first-order valence-corrected chi connectivity index (χ1v) is 7.21. The fourth-order valence-electron chi connectivity index (χ4n) is 2.43. The summed E-state index contributed by atoms with van der Waals surface area (Å²) in [6.45, 7) is 5.57. The number of nitrogens with two attached hydrogens (primary N) is 1. The molecule has 1 fully saturated rings. The fraction of sp³-hybridized carbons (Fsp3) is 0.533. The predicted octanol–water partition coefficient (Wildman–Crippen LogP) is 2.94.